The number of nitrogens with zero attached hydrogens (tertiary/aromatic N) is 3. The standard InChI is InChI=1S/C13H24N4O3S/c1-4-16(2)13-11(21(3,19)20)12(14)17(15-13)9-7-5-6-8-10(9)18/h9-10,18H,4-8,14H2,1-3H3. The summed E-state index contributed by atoms with van der Waals surface area (Å²) in [6, 6.07) is -0.252. The molecule has 2 atom stereocenters. The third-order valence-corrected chi connectivity index (χ3v) is 5.23. The minimum Gasteiger partial charge on any atom is -0.391 e. The van der Waals surface area contributed by atoms with Crippen LogP contribution in [0.5, 0.6) is 0 Å². The summed E-state index contributed by atoms with van der Waals surface area (Å²) in [5, 5.41) is 14.6. The maximum atomic E-state index is 12.1. The number of anilines is 2. The van der Waals surface area contributed by atoms with Gasteiger partial charge in [-0.2, -0.15) is 5.10 Å². The van der Waals surface area contributed by atoms with E-state index >= 15 is 0 Å². The van der Waals surface area contributed by atoms with Gasteiger partial charge in [0.05, 0.1) is 12.1 Å². The molecule has 1 aliphatic carbocycles. The van der Waals surface area contributed by atoms with Gasteiger partial charge in [0.25, 0.3) is 0 Å². The van der Waals surface area contributed by atoms with Gasteiger partial charge in [0.15, 0.2) is 20.6 Å². The molecule has 2 rings (SSSR count). The molecule has 3 N–H and O–H groups in total. The van der Waals surface area contributed by atoms with Crippen molar-refractivity contribution in [2.45, 2.75) is 49.6 Å². The fourth-order valence-electron chi connectivity index (χ4n) is 2.80. The van der Waals surface area contributed by atoms with Gasteiger partial charge in [-0.05, 0) is 19.8 Å². The van der Waals surface area contributed by atoms with Gasteiger partial charge in [-0.1, -0.05) is 12.8 Å². The molecule has 120 valence electrons. The molecule has 7 nitrogen and oxygen atoms in total. The zero-order chi connectivity index (χ0) is 15.8. The zero-order valence-corrected chi connectivity index (χ0v) is 13.6. The van der Waals surface area contributed by atoms with Gasteiger partial charge in [0.1, 0.15) is 5.82 Å². The highest BCUT2D eigenvalue weighted by Gasteiger charge is 2.32. The monoisotopic (exact) mass is 316 g/mol. The number of aliphatic hydroxyl groups is 1. The van der Waals surface area contributed by atoms with Gasteiger partial charge in [-0.25, -0.2) is 13.1 Å². The van der Waals surface area contributed by atoms with E-state index < -0.39 is 15.9 Å². The van der Waals surface area contributed by atoms with E-state index in [0.717, 1.165) is 25.5 Å². The summed E-state index contributed by atoms with van der Waals surface area (Å²) in [5.41, 5.74) is 6.06. The molecule has 1 aromatic rings. The fourth-order valence-corrected chi connectivity index (χ4v) is 3.81. The summed E-state index contributed by atoms with van der Waals surface area (Å²) in [6.07, 6.45) is 4.00. The Hall–Kier alpha value is -1.28. The highest BCUT2D eigenvalue weighted by Crippen LogP contribution is 2.36. The molecule has 0 aromatic carbocycles. The Morgan fingerprint density at radius 1 is 1.43 bits per heavy atom. The first kappa shape index (κ1) is 16.1. The van der Waals surface area contributed by atoms with Crippen molar-refractivity contribution in [1.82, 2.24) is 9.78 Å². The minimum absolute atomic E-state index is 0.0598. The summed E-state index contributed by atoms with van der Waals surface area (Å²) < 4.78 is 25.6. The topological polar surface area (TPSA) is 101 Å². The lowest BCUT2D eigenvalue weighted by Crippen LogP contribution is -2.29. The lowest BCUT2D eigenvalue weighted by Gasteiger charge is -2.28. The summed E-state index contributed by atoms with van der Waals surface area (Å²) in [6.45, 7) is 2.53. The smallest absolute Gasteiger partial charge is 0.182 e. The molecule has 0 amide bonds. The average molecular weight is 316 g/mol. The Morgan fingerprint density at radius 3 is 2.57 bits per heavy atom. The van der Waals surface area contributed by atoms with Crippen LogP contribution < -0.4 is 10.6 Å². The van der Waals surface area contributed by atoms with Crippen LogP contribution in [-0.4, -0.2) is 49.3 Å². The molecular weight excluding hydrogens is 292 g/mol. The maximum Gasteiger partial charge on any atom is 0.182 e. The molecule has 1 heterocycles. The molecule has 0 radical (unpaired) electrons. The second-order valence-electron chi connectivity index (χ2n) is 5.69. The number of aliphatic hydroxyl groups excluding tert-OH is 1. The lowest BCUT2D eigenvalue weighted by atomic mass is 9.93. The van der Waals surface area contributed by atoms with Crippen LogP contribution in [0.25, 0.3) is 0 Å². The molecule has 0 aliphatic heterocycles. The van der Waals surface area contributed by atoms with Crippen molar-refractivity contribution in [3.63, 3.8) is 0 Å². The molecule has 0 saturated heterocycles. The van der Waals surface area contributed by atoms with Gasteiger partial charge in [-0.3, -0.25) is 0 Å². The molecule has 0 spiro atoms. The third-order valence-electron chi connectivity index (χ3n) is 4.10. The minimum atomic E-state index is -3.49. The fraction of sp³-hybridized carbons (Fsp3) is 0.769. The van der Waals surface area contributed by atoms with Crippen LogP contribution in [0.2, 0.25) is 0 Å². The Kier molecular flexibility index (Phi) is 4.48. The van der Waals surface area contributed by atoms with Crippen LogP contribution in [-0.2, 0) is 9.84 Å². The molecular formula is C13H24N4O3S. The summed E-state index contributed by atoms with van der Waals surface area (Å²) in [7, 11) is -1.71. The van der Waals surface area contributed by atoms with Gasteiger partial charge in [0.2, 0.25) is 0 Å². The first-order valence-corrected chi connectivity index (χ1v) is 9.13. The molecule has 0 bridgehead atoms. The average Bonchev–Trinajstić information content (AvgIpc) is 2.76. The van der Waals surface area contributed by atoms with Gasteiger partial charge >= 0.3 is 0 Å². The highest BCUT2D eigenvalue weighted by molar-refractivity contribution is 7.91. The van der Waals surface area contributed by atoms with E-state index in [2.05, 4.69) is 5.10 Å². The molecule has 1 aliphatic rings. The van der Waals surface area contributed by atoms with Crippen molar-refractivity contribution in [2.75, 3.05) is 30.5 Å². The summed E-state index contributed by atoms with van der Waals surface area (Å²) in [4.78, 5) is 1.81. The number of nitrogen functional groups attached to an aromatic ring is 1. The van der Waals surface area contributed by atoms with Crippen molar-refractivity contribution in [3.8, 4) is 0 Å². The van der Waals surface area contributed by atoms with E-state index in [-0.39, 0.29) is 16.8 Å². The third kappa shape index (κ3) is 3.01. The largest absolute Gasteiger partial charge is 0.391 e. The van der Waals surface area contributed by atoms with E-state index in [0.29, 0.717) is 18.8 Å². The first-order valence-electron chi connectivity index (χ1n) is 7.24. The molecule has 21 heavy (non-hydrogen) atoms. The Bertz CT molecular complexity index is 611. The van der Waals surface area contributed by atoms with E-state index in [9.17, 15) is 13.5 Å². The van der Waals surface area contributed by atoms with Crippen LogP contribution in [0.15, 0.2) is 4.90 Å². The molecule has 8 heteroatoms. The predicted molar refractivity (Wildman–Crippen MR) is 82.2 cm³/mol. The SMILES string of the molecule is CCN(C)c1nn(C2CCCCC2O)c(N)c1S(C)(=O)=O. The number of hydrogen-bond acceptors (Lipinski definition) is 6. The Labute approximate surface area is 125 Å². The molecule has 1 saturated carbocycles. The number of aromatic nitrogens is 2. The number of nitrogens with two attached hydrogens (primary N) is 1. The maximum absolute atomic E-state index is 12.1. The second-order valence-corrected chi connectivity index (χ2v) is 7.64. The highest BCUT2D eigenvalue weighted by atomic mass is 32.2. The zero-order valence-electron chi connectivity index (χ0n) is 12.8. The number of sulfone groups is 1. The van der Waals surface area contributed by atoms with Crippen molar-refractivity contribution >= 4 is 21.5 Å². The Morgan fingerprint density at radius 2 is 2.05 bits per heavy atom. The van der Waals surface area contributed by atoms with E-state index in [1.165, 1.54) is 4.68 Å². The molecule has 1 fully saturated rings. The van der Waals surface area contributed by atoms with Crippen molar-refractivity contribution in [1.29, 1.82) is 0 Å². The van der Waals surface area contributed by atoms with Gasteiger partial charge < -0.3 is 15.7 Å². The van der Waals surface area contributed by atoms with Crippen LogP contribution in [0.1, 0.15) is 38.6 Å². The van der Waals surface area contributed by atoms with Crippen LogP contribution in [0.3, 0.4) is 0 Å². The number of rotatable bonds is 4. The van der Waals surface area contributed by atoms with E-state index in [1.807, 2.05) is 6.92 Å². The van der Waals surface area contributed by atoms with Crippen LogP contribution >= 0.6 is 0 Å². The molecule has 1 aromatic heterocycles. The second kappa shape index (κ2) is 5.84. The van der Waals surface area contributed by atoms with Crippen molar-refractivity contribution < 1.29 is 13.5 Å². The summed E-state index contributed by atoms with van der Waals surface area (Å²) in [5.74, 6) is 0.481. The molecule has 2 unspecified atom stereocenters. The van der Waals surface area contributed by atoms with Crippen molar-refractivity contribution in [3.05, 3.63) is 0 Å². The summed E-state index contributed by atoms with van der Waals surface area (Å²) >= 11 is 0. The van der Waals surface area contributed by atoms with Gasteiger partial charge in [-0.15, -0.1) is 0 Å². The van der Waals surface area contributed by atoms with Crippen molar-refractivity contribution in [2.24, 2.45) is 0 Å². The predicted octanol–water partition coefficient (Wildman–Crippen LogP) is 0.801. The Balaban J connectivity index is 2.56. The normalized spacial score (nSPS) is 23.2. The number of hydrogen-bond donors (Lipinski definition) is 2. The van der Waals surface area contributed by atoms with Gasteiger partial charge in [0, 0.05) is 19.8 Å². The van der Waals surface area contributed by atoms with E-state index in [1.54, 1.807) is 11.9 Å². The van der Waals surface area contributed by atoms with Crippen LogP contribution in [0.4, 0.5) is 11.6 Å². The lowest BCUT2D eigenvalue weighted by molar-refractivity contribution is 0.0706. The quantitative estimate of drug-likeness (QED) is 0.852. The van der Waals surface area contributed by atoms with E-state index in [4.69, 9.17) is 5.73 Å². The van der Waals surface area contributed by atoms with Crippen LogP contribution in [0, 0.1) is 0 Å². The first-order chi connectivity index (χ1) is 9.77.